The van der Waals surface area contributed by atoms with Crippen LogP contribution in [0.4, 0.5) is 0 Å². The number of rotatable bonds is 5. The third-order valence-corrected chi connectivity index (χ3v) is 3.52. The quantitative estimate of drug-likeness (QED) is 0.591. The van der Waals surface area contributed by atoms with Crippen molar-refractivity contribution in [2.45, 2.75) is 37.8 Å². The SMILES string of the molecule is O=C(NC[C@H](O)C(=O)O)C1CCCN1C(=O)C1CC1. The molecule has 2 fully saturated rings. The molecule has 7 heteroatoms. The first kappa shape index (κ1) is 13.8. The molecular weight excluding hydrogens is 252 g/mol. The van der Waals surface area contributed by atoms with Gasteiger partial charge in [0.15, 0.2) is 6.10 Å². The summed E-state index contributed by atoms with van der Waals surface area (Å²) in [7, 11) is 0. The van der Waals surface area contributed by atoms with Crippen LogP contribution in [0.5, 0.6) is 0 Å². The fourth-order valence-electron chi connectivity index (χ4n) is 2.27. The maximum Gasteiger partial charge on any atom is 0.334 e. The average Bonchev–Trinajstić information content (AvgIpc) is 3.11. The van der Waals surface area contributed by atoms with Crippen molar-refractivity contribution >= 4 is 17.8 Å². The Hall–Kier alpha value is -1.63. The van der Waals surface area contributed by atoms with Crippen LogP contribution in [0.15, 0.2) is 0 Å². The minimum Gasteiger partial charge on any atom is -0.479 e. The van der Waals surface area contributed by atoms with Gasteiger partial charge >= 0.3 is 5.97 Å². The molecule has 1 heterocycles. The summed E-state index contributed by atoms with van der Waals surface area (Å²) in [5.41, 5.74) is 0. The molecule has 2 rings (SSSR count). The summed E-state index contributed by atoms with van der Waals surface area (Å²) in [6.07, 6.45) is 1.53. The monoisotopic (exact) mass is 270 g/mol. The van der Waals surface area contributed by atoms with E-state index < -0.39 is 18.1 Å². The number of carboxylic acids is 1. The molecule has 1 saturated heterocycles. The van der Waals surface area contributed by atoms with Gasteiger partial charge in [-0.2, -0.15) is 0 Å². The molecule has 0 aromatic rings. The molecular formula is C12H18N2O5. The van der Waals surface area contributed by atoms with Crippen LogP contribution in [-0.4, -0.2) is 58.1 Å². The molecule has 1 aliphatic carbocycles. The lowest BCUT2D eigenvalue weighted by Gasteiger charge is -2.24. The fourth-order valence-corrected chi connectivity index (χ4v) is 2.27. The molecule has 7 nitrogen and oxygen atoms in total. The van der Waals surface area contributed by atoms with E-state index in [0.29, 0.717) is 13.0 Å². The molecule has 0 aromatic carbocycles. The van der Waals surface area contributed by atoms with E-state index in [1.807, 2.05) is 0 Å². The highest BCUT2D eigenvalue weighted by molar-refractivity contribution is 5.90. The first-order valence-corrected chi connectivity index (χ1v) is 6.49. The van der Waals surface area contributed by atoms with E-state index in [1.165, 1.54) is 0 Å². The number of carbonyl (C=O) groups excluding carboxylic acids is 2. The second-order valence-electron chi connectivity index (χ2n) is 5.06. The second-order valence-corrected chi connectivity index (χ2v) is 5.06. The van der Waals surface area contributed by atoms with E-state index in [2.05, 4.69) is 5.32 Å². The number of aliphatic hydroxyl groups is 1. The minimum atomic E-state index is -1.61. The molecule has 3 N–H and O–H groups in total. The Morgan fingerprint density at radius 3 is 2.53 bits per heavy atom. The van der Waals surface area contributed by atoms with Gasteiger partial charge < -0.3 is 20.4 Å². The highest BCUT2D eigenvalue weighted by Crippen LogP contribution is 2.33. The van der Waals surface area contributed by atoms with Crippen molar-refractivity contribution in [1.82, 2.24) is 10.2 Å². The number of likely N-dealkylation sites (tertiary alicyclic amines) is 1. The van der Waals surface area contributed by atoms with Crippen molar-refractivity contribution < 1.29 is 24.6 Å². The number of aliphatic hydroxyl groups excluding tert-OH is 1. The number of nitrogens with zero attached hydrogens (tertiary/aromatic N) is 1. The molecule has 0 bridgehead atoms. The fraction of sp³-hybridized carbons (Fsp3) is 0.750. The summed E-state index contributed by atoms with van der Waals surface area (Å²) >= 11 is 0. The summed E-state index contributed by atoms with van der Waals surface area (Å²) in [5, 5.41) is 20.0. The Balaban J connectivity index is 1.86. The van der Waals surface area contributed by atoms with Gasteiger partial charge in [-0.25, -0.2) is 4.79 Å². The molecule has 106 valence electrons. The Morgan fingerprint density at radius 1 is 1.26 bits per heavy atom. The first-order chi connectivity index (χ1) is 9.00. The standard InChI is InChI=1S/C12H18N2O5/c15-9(12(18)19)6-13-10(16)8-2-1-5-14(8)11(17)7-3-4-7/h7-9,15H,1-6H2,(H,13,16)(H,18,19)/t8?,9-/m0/s1. The maximum atomic E-state index is 12.0. The Bertz CT molecular complexity index is 394. The second kappa shape index (κ2) is 5.56. The van der Waals surface area contributed by atoms with Gasteiger partial charge in [-0.05, 0) is 25.7 Å². The van der Waals surface area contributed by atoms with Gasteiger partial charge in [-0.1, -0.05) is 0 Å². The Kier molecular flexibility index (Phi) is 4.04. The van der Waals surface area contributed by atoms with Crippen molar-refractivity contribution in [2.24, 2.45) is 5.92 Å². The van der Waals surface area contributed by atoms with Gasteiger partial charge in [0.1, 0.15) is 6.04 Å². The van der Waals surface area contributed by atoms with Crippen molar-refractivity contribution in [2.75, 3.05) is 13.1 Å². The molecule has 0 aromatic heterocycles. The van der Waals surface area contributed by atoms with E-state index in [4.69, 9.17) is 10.2 Å². The van der Waals surface area contributed by atoms with Crippen molar-refractivity contribution in [1.29, 1.82) is 0 Å². The zero-order valence-electron chi connectivity index (χ0n) is 10.5. The molecule has 1 unspecified atom stereocenters. The zero-order chi connectivity index (χ0) is 14.0. The summed E-state index contributed by atoms with van der Waals surface area (Å²) in [6.45, 7) is 0.241. The lowest BCUT2D eigenvalue weighted by atomic mass is 10.2. The van der Waals surface area contributed by atoms with Crippen LogP contribution in [-0.2, 0) is 14.4 Å². The highest BCUT2D eigenvalue weighted by atomic mass is 16.4. The van der Waals surface area contributed by atoms with Crippen LogP contribution in [0.3, 0.4) is 0 Å². The lowest BCUT2D eigenvalue weighted by Crippen LogP contribution is -2.48. The molecule has 2 amide bonds. The molecule has 0 radical (unpaired) electrons. The third kappa shape index (κ3) is 3.23. The molecule has 0 spiro atoms. The number of aliphatic carboxylic acids is 1. The predicted octanol–water partition coefficient (Wildman–Crippen LogP) is -1.05. The summed E-state index contributed by atoms with van der Waals surface area (Å²) < 4.78 is 0. The van der Waals surface area contributed by atoms with Crippen LogP contribution in [0.1, 0.15) is 25.7 Å². The lowest BCUT2D eigenvalue weighted by molar-refractivity contribution is -0.147. The van der Waals surface area contributed by atoms with E-state index in [1.54, 1.807) is 4.90 Å². The number of nitrogens with one attached hydrogen (secondary N) is 1. The topological polar surface area (TPSA) is 107 Å². The number of carboxylic acid groups (broad SMARTS) is 1. The van der Waals surface area contributed by atoms with Gasteiger partial charge in [0.2, 0.25) is 11.8 Å². The number of amides is 2. The van der Waals surface area contributed by atoms with Crippen LogP contribution in [0.25, 0.3) is 0 Å². The van der Waals surface area contributed by atoms with E-state index in [9.17, 15) is 14.4 Å². The third-order valence-electron chi connectivity index (χ3n) is 3.52. The summed E-state index contributed by atoms with van der Waals surface area (Å²) in [5.74, 6) is -1.67. The predicted molar refractivity (Wildman–Crippen MR) is 64.1 cm³/mol. The number of carbonyl (C=O) groups is 3. The van der Waals surface area contributed by atoms with E-state index in [0.717, 1.165) is 19.3 Å². The van der Waals surface area contributed by atoms with Crippen LogP contribution in [0.2, 0.25) is 0 Å². The van der Waals surface area contributed by atoms with E-state index in [-0.39, 0.29) is 24.3 Å². The molecule has 19 heavy (non-hydrogen) atoms. The van der Waals surface area contributed by atoms with Gasteiger partial charge in [-0.15, -0.1) is 0 Å². The Morgan fingerprint density at radius 2 is 1.95 bits per heavy atom. The normalized spacial score (nSPS) is 24.1. The van der Waals surface area contributed by atoms with Gasteiger partial charge in [0.25, 0.3) is 0 Å². The zero-order valence-corrected chi connectivity index (χ0v) is 10.5. The molecule has 1 aliphatic heterocycles. The number of hydrogen-bond donors (Lipinski definition) is 3. The van der Waals surface area contributed by atoms with Crippen LogP contribution in [0, 0.1) is 5.92 Å². The van der Waals surface area contributed by atoms with Gasteiger partial charge in [-0.3, -0.25) is 9.59 Å². The summed E-state index contributed by atoms with van der Waals surface area (Å²) in [4.78, 5) is 35.9. The minimum absolute atomic E-state index is 0.0245. The smallest absolute Gasteiger partial charge is 0.334 e. The van der Waals surface area contributed by atoms with E-state index >= 15 is 0 Å². The largest absolute Gasteiger partial charge is 0.479 e. The average molecular weight is 270 g/mol. The van der Waals surface area contributed by atoms with Gasteiger partial charge in [0, 0.05) is 12.5 Å². The van der Waals surface area contributed by atoms with Crippen molar-refractivity contribution in [3.8, 4) is 0 Å². The first-order valence-electron chi connectivity index (χ1n) is 6.49. The maximum absolute atomic E-state index is 12.0. The summed E-state index contributed by atoms with van der Waals surface area (Å²) in [6, 6.07) is -0.519. The van der Waals surface area contributed by atoms with Crippen LogP contribution >= 0.6 is 0 Å². The molecule has 2 aliphatic rings. The molecule has 1 saturated carbocycles. The highest BCUT2D eigenvalue weighted by Gasteiger charge is 2.40. The van der Waals surface area contributed by atoms with Crippen LogP contribution < -0.4 is 5.32 Å². The Labute approximate surface area is 110 Å². The van der Waals surface area contributed by atoms with Gasteiger partial charge in [0.05, 0.1) is 6.54 Å². The number of hydrogen-bond acceptors (Lipinski definition) is 4. The van der Waals surface area contributed by atoms with Crippen molar-refractivity contribution in [3.05, 3.63) is 0 Å². The molecule has 2 atom stereocenters. The van der Waals surface area contributed by atoms with Crippen molar-refractivity contribution in [3.63, 3.8) is 0 Å².